The maximum absolute atomic E-state index is 8.87. The second-order valence-corrected chi connectivity index (χ2v) is 4.18. The van der Waals surface area contributed by atoms with Crippen LogP contribution >= 0.6 is 0 Å². The lowest BCUT2D eigenvalue weighted by Gasteiger charge is -2.00. The summed E-state index contributed by atoms with van der Waals surface area (Å²) in [5, 5.41) is 17.1. The van der Waals surface area contributed by atoms with Crippen molar-refractivity contribution in [2.75, 3.05) is 0 Å². The molecule has 0 saturated heterocycles. The Kier molecular flexibility index (Phi) is 3.71. The van der Waals surface area contributed by atoms with Gasteiger partial charge in [-0.2, -0.15) is 5.26 Å². The van der Waals surface area contributed by atoms with Gasteiger partial charge >= 0.3 is 0 Å². The van der Waals surface area contributed by atoms with Crippen LogP contribution in [0.2, 0.25) is 0 Å². The van der Waals surface area contributed by atoms with E-state index in [1.165, 1.54) is 19.3 Å². The Bertz CT molecular complexity index is 536. The quantitative estimate of drug-likeness (QED) is 0.739. The van der Waals surface area contributed by atoms with Gasteiger partial charge in [0.2, 0.25) is 0 Å². The van der Waals surface area contributed by atoms with Crippen LogP contribution in [0.5, 0.6) is 0 Å². The molecule has 0 unspecified atom stereocenters. The summed E-state index contributed by atoms with van der Waals surface area (Å²) in [7, 11) is 0. The summed E-state index contributed by atoms with van der Waals surface area (Å²) in [6.07, 6.45) is 7.59. The van der Waals surface area contributed by atoms with Crippen LogP contribution in [0.3, 0.4) is 0 Å². The van der Waals surface area contributed by atoms with Crippen LogP contribution < -0.4 is 0 Å². The van der Waals surface area contributed by atoms with Gasteiger partial charge in [0.25, 0.3) is 0 Å². The molecular weight excluding hydrogens is 212 g/mol. The number of unbranched alkanes of at least 4 members (excludes halogenated alkanes) is 3. The molecule has 0 spiro atoms. The Morgan fingerprint density at radius 1 is 1.24 bits per heavy atom. The summed E-state index contributed by atoms with van der Waals surface area (Å²) in [6, 6.07) is 5.74. The first-order chi connectivity index (χ1) is 8.35. The smallest absolute Gasteiger partial charge is 0.160 e. The fraction of sp³-hybridized carbons (Fsp3) is 0.462. The van der Waals surface area contributed by atoms with Crippen LogP contribution in [-0.2, 0) is 6.42 Å². The minimum absolute atomic E-state index is 0.645. The van der Waals surface area contributed by atoms with Gasteiger partial charge in [-0.05, 0) is 18.6 Å². The third-order valence-electron chi connectivity index (χ3n) is 2.86. The fourth-order valence-corrected chi connectivity index (χ4v) is 1.88. The molecule has 4 nitrogen and oxygen atoms in total. The van der Waals surface area contributed by atoms with E-state index in [-0.39, 0.29) is 0 Å². The zero-order valence-corrected chi connectivity index (χ0v) is 10.1. The fourth-order valence-electron chi connectivity index (χ4n) is 1.88. The molecule has 0 saturated carbocycles. The molecule has 0 amide bonds. The molecule has 0 radical (unpaired) electrons. The van der Waals surface area contributed by atoms with Gasteiger partial charge in [0.15, 0.2) is 5.65 Å². The molecule has 0 aromatic carbocycles. The Hall–Kier alpha value is -1.89. The highest BCUT2D eigenvalue weighted by molar-refractivity contribution is 5.42. The molecule has 0 atom stereocenters. The lowest BCUT2D eigenvalue weighted by atomic mass is 10.1. The van der Waals surface area contributed by atoms with Crippen molar-refractivity contribution in [2.24, 2.45) is 0 Å². The Morgan fingerprint density at radius 2 is 2.12 bits per heavy atom. The average Bonchev–Trinajstić information content (AvgIpc) is 2.77. The van der Waals surface area contributed by atoms with Crippen molar-refractivity contribution in [3.8, 4) is 6.07 Å². The summed E-state index contributed by atoms with van der Waals surface area (Å²) < 4.78 is 1.92. The van der Waals surface area contributed by atoms with Crippen LogP contribution in [-0.4, -0.2) is 14.6 Å². The number of pyridine rings is 1. The predicted molar refractivity (Wildman–Crippen MR) is 65.5 cm³/mol. The zero-order valence-electron chi connectivity index (χ0n) is 10.1. The highest BCUT2D eigenvalue weighted by Gasteiger charge is 2.05. The van der Waals surface area contributed by atoms with E-state index < -0.39 is 0 Å². The number of rotatable bonds is 5. The number of hydrogen-bond acceptors (Lipinski definition) is 3. The first kappa shape index (κ1) is 11.6. The van der Waals surface area contributed by atoms with Gasteiger partial charge in [0.1, 0.15) is 11.9 Å². The molecule has 2 aromatic heterocycles. The number of aromatic nitrogens is 3. The Labute approximate surface area is 101 Å². The lowest BCUT2D eigenvalue weighted by molar-refractivity contribution is 0.649. The summed E-state index contributed by atoms with van der Waals surface area (Å²) in [4.78, 5) is 0. The van der Waals surface area contributed by atoms with Gasteiger partial charge in [-0.1, -0.05) is 26.2 Å². The third-order valence-corrected chi connectivity index (χ3v) is 2.86. The minimum Gasteiger partial charge on any atom is -0.285 e. The van der Waals surface area contributed by atoms with Crippen molar-refractivity contribution >= 4 is 5.65 Å². The van der Waals surface area contributed by atoms with Gasteiger partial charge in [-0.3, -0.25) is 4.40 Å². The van der Waals surface area contributed by atoms with Crippen LogP contribution in [0.4, 0.5) is 0 Å². The van der Waals surface area contributed by atoms with Gasteiger partial charge < -0.3 is 0 Å². The van der Waals surface area contributed by atoms with E-state index >= 15 is 0 Å². The zero-order chi connectivity index (χ0) is 12.1. The molecule has 0 aliphatic rings. The largest absolute Gasteiger partial charge is 0.285 e. The standard InChI is InChI=1S/C13H16N4/c1-2-3-4-5-6-12-15-16-13-8-7-11(9-14)10-17(12)13/h7-8,10H,2-6H2,1H3. The number of hydrogen-bond donors (Lipinski definition) is 0. The Balaban J connectivity index is 2.14. The second kappa shape index (κ2) is 5.44. The second-order valence-electron chi connectivity index (χ2n) is 4.18. The lowest BCUT2D eigenvalue weighted by Crippen LogP contribution is -1.95. The van der Waals surface area contributed by atoms with Gasteiger partial charge in [-0.25, -0.2) is 0 Å². The van der Waals surface area contributed by atoms with Crippen molar-refractivity contribution in [2.45, 2.75) is 39.0 Å². The third kappa shape index (κ3) is 2.62. The van der Waals surface area contributed by atoms with Crippen molar-refractivity contribution in [3.63, 3.8) is 0 Å². The van der Waals surface area contributed by atoms with Gasteiger partial charge in [-0.15, -0.1) is 10.2 Å². The van der Waals surface area contributed by atoms with Gasteiger partial charge in [0.05, 0.1) is 5.56 Å². The van der Waals surface area contributed by atoms with E-state index in [9.17, 15) is 0 Å². The molecule has 0 fully saturated rings. The summed E-state index contributed by atoms with van der Waals surface area (Å²) in [5.41, 5.74) is 1.46. The van der Waals surface area contributed by atoms with Crippen LogP contribution in [0.25, 0.3) is 5.65 Å². The normalized spacial score (nSPS) is 10.6. The Morgan fingerprint density at radius 3 is 2.88 bits per heavy atom. The first-order valence-corrected chi connectivity index (χ1v) is 6.09. The van der Waals surface area contributed by atoms with E-state index in [2.05, 4.69) is 23.2 Å². The monoisotopic (exact) mass is 228 g/mol. The number of nitrogens with zero attached hydrogens (tertiary/aromatic N) is 4. The van der Waals surface area contributed by atoms with Crippen LogP contribution in [0, 0.1) is 11.3 Å². The minimum atomic E-state index is 0.645. The molecule has 0 N–H and O–H groups in total. The highest BCUT2D eigenvalue weighted by atomic mass is 15.2. The molecule has 0 aliphatic heterocycles. The number of aryl methyl sites for hydroxylation is 1. The summed E-state index contributed by atoms with van der Waals surface area (Å²) >= 11 is 0. The average molecular weight is 228 g/mol. The highest BCUT2D eigenvalue weighted by Crippen LogP contribution is 2.10. The van der Waals surface area contributed by atoms with Crippen molar-refractivity contribution in [1.82, 2.24) is 14.6 Å². The van der Waals surface area contributed by atoms with E-state index in [4.69, 9.17) is 5.26 Å². The molecule has 2 rings (SSSR count). The van der Waals surface area contributed by atoms with E-state index in [0.717, 1.165) is 24.3 Å². The molecule has 0 aliphatic carbocycles. The SMILES string of the molecule is CCCCCCc1nnc2ccc(C#N)cn12. The first-order valence-electron chi connectivity index (χ1n) is 6.09. The maximum atomic E-state index is 8.87. The predicted octanol–water partition coefficient (Wildman–Crippen LogP) is 2.72. The van der Waals surface area contributed by atoms with E-state index in [0.29, 0.717) is 5.56 Å². The van der Waals surface area contributed by atoms with E-state index in [1.807, 2.05) is 16.7 Å². The maximum Gasteiger partial charge on any atom is 0.160 e. The molecule has 2 aromatic rings. The molecule has 17 heavy (non-hydrogen) atoms. The summed E-state index contributed by atoms with van der Waals surface area (Å²) in [6.45, 7) is 2.20. The van der Waals surface area contributed by atoms with Crippen molar-refractivity contribution < 1.29 is 0 Å². The van der Waals surface area contributed by atoms with Crippen LogP contribution in [0.1, 0.15) is 44.0 Å². The topological polar surface area (TPSA) is 54.0 Å². The van der Waals surface area contributed by atoms with Crippen molar-refractivity contribution in [3.05, 3.63) is 29.7 Å². The number of nitriles is 1. The molecular formula is C13H16N4. The van der Waals surface area contributed by atoms with Gasteiger partial charge in [0, 0.05) is 12.6 Å². The van der Waals surface area contributed by atoms with Crippen molar-refractivity contribution in [1.29, 1.82) is 5.26 Å². The van der Waals surface area contributed by atoms with E-state index in [1.54, 1.807) is 6.07 Å². The molecule has 2 heterocycles. The summed E-state index contributed by atoms with van der Waals surface area (Å²) in [5.74, 6) is 0.952. The van der Waals surface area contributed by atoms with Crippen LogP contribution in [0.15, 0.2) is 18.3 Å². The molecule has 88 valence electrons. The molecule has 0 bridgehead atoms. The number of fused-ring (bicyclic) bond motifs is 1. The molecule has 4 heteroatoms.